The summed E-state index contributed by atoms with van der Waals surface area (Å²) in [6.45, 7) is 13.9. The zero-order chi connectivity index (χ0) is 24.1. The van der Waals surface area contributed by atoms with Gasteiger partial charge in [-0.1, -0.05) is 69.8 Å². The van der Waals surface area contributed by atoms with Crippen LogP contribution in [0.5, 0.6) is 0 Å². The number of nitrogens with one attached hydrogen (secondary N) is 1. The molecule has 2 aromatic carbocycles. The predicted molar refractivity (Wildman–Crippen MR) is 141 cm³/mol. The van der Waals surface area contributed by atoms with Crippen LogP contribution in [0.25, 0.3) is 11.1 Å². The molecule has 1 fully saturated rings. The lowest BCUT2D eigenvalue weighted by atomic mass is 9.92. The summed E-state index contributed by atoms with van der Waals surface area (Å²) in [6.07, 6.45) is 0. The van der Waals surface area contributed by atoms with Gasteiger partial charge in [-0.15, -0.1) is 0 Å². The maximum Gasteiger partial charge on any atom is 0.256 e. The van der Waals surface area contributed by atoms with Crippen LogP contribution in [-0.2, 0) is 4.79 Å². The van der Waals surface area contributed by atoms with Gasteiger partial charge in [-0.2, -0.15) is 0 Å². The molecule has 182 valence electrons. The normalized spacial score (nSPS) is 15.5. The van der Waals surface area contributed by atoms with Gasteiger partial charge in [-0.25, -0.2) is 4.98 Å². The van der Waals surface area contributed by atoms with Crippen LogP contribution in [0.2, 0.25) is 0 Å². The van der Waals surface area contributed by atoms with E-state index in [0.717, 1.165) is 60.5 Å². The standard InChI is InChI=1S/C27H36N4O2S/c1-19(2)21-8-7-9-22(20(3)4)26(21)29-25(32)18-31-14-12-30(13-15-31)16-17-34-27-28-23-10-5-6-11-24(23)33-27/h5-11,19-20H,12-18H2,1-4H3,(H,29,32). The molecular formula is C27H36N4O2S. The SMILES string of the molecule is CC(C)c1cccc(C(C)C)c1NC(=O)CN1CCN(CCSc2nc3ccccc3o2)CC1. The van der Waals surface area contributed by atoms with E-state index in [4.69, 9.17) is 4.42 Å². The first-order chi connectivity index (χ1) is 16.4. The Morgan fingerprint density at radius 3 is 2.26 bits per heavy atom. The number of anilines is 1. The van der Waals surface area contributed by atoms with Crippen molar-refractivity contribution in [2.24, 2.45) is 0 Å². The molecule has 1 aromatic heterocycles. The van der Waals surface area contributed by atoms with Gasteiger partial charge in [-0.05, 0) is 35.1 Å². The van der Waals surface area contributed by atoms with E-state index in [2.05, 4.69) is 66.0 Å². The monoisotopic (exact) mass is 480 g/mol. The van der Waals surface area contributed by atoms with Crippen molar-refractivity contribution < 1.29 is 9.21 Å². The molecule has 1 aliphatic rings. The third kappa shape index (κ3) is 6.20. The van der Waals surface area contributed by atoms with Gasteiger partial charge in [0.2, 0.25) is 5.91 Å². The van der Waals surface area contributed by atoms with E-state index in [1.165, 1.54) is 11.1 Å². The number of hydrogen-bond acceptors (Lipinski definition) is 6. The van der Waals surface area contributed by atoms with Crippen LogP contribution in [0.1, 0.15) is 50.7 Å². The molecule has 1 saturated heterocycles. The van der Waals surface area contributed by atoms with Crippen molar-refractivity contribution in [1.29, 1.82) is 0 Å². The van der Waals surface area contributed by atoms with Gasteiger partial charge in [0.05, 0.1) is 6.54 Å². The summed E-state index contributed by atoms with van der Waals surface area (Å²) in [7, 11) is 0. The zero-order valence-electron chi connectivity index (χ0n) is 20.7. The molecule has 0 radical (unpaired) electrons. The molecule has 34 heavy (non-hydrogen) atoms. The third-order valence-corrected chi connectivity index (χ3v) is 7.19. The smallest absolute Gasteiger partial charge is 0.256 e. The Morgan fingerprint density at radius 1 is 0.971 bits per heavy atom. The third-order valence-electron chi connectivity index (χ3n) is 6.38. The number of thioether (sulfide) groups is 1. The number of aromatic nitrogens is 1. The lowest BCUT2D eigenvalue weighted by molar-refractivity contribution is -0.117. The topological polar surface area (TPSA) is 61.6 Å². The Hall–Kier alpha value is -2.35. The van der Waals surface area contributed by atoms with Crippen molar-refractivity contribution in [2.45, 2.75) is 44.8 Å². The molecule has 7 heteroatoms. The Bertz CT molecular complexity index is 1040. The van der Waals surface area contributed by atoms with Crippen LogP contribution in [0.15, 0.2) is 52.1 Å². The lowest BCUT2D eigenvalue weighted by Crippen LogP contribution is -2.49. The second-order valence-corrected chi connectivity index (χ2v) is 10.6. The number of carbonyl (C=O) groups is 1. The molecule has 3 aromatic rings. The van der Waals surface area contributed by atoms with E-state index in [-0.39, 0.29) is 5.91 Å². The number of amides is 1. The molecular weight excluding hydrogens is 444 g/mol. The zero-order valence-corrected chi connectivity index (χ0v) is 21.5. The molecule has 1 N–H and O–H groups in total. The van der Waals surface area contributed by atoms with Crippen molar-refractivity contribution in [1.82, 2.24) is 14.8 Å². The molecule has 0 atom stereocenters. The Balaban J connectivity index is 1.23. The highest BCUT2D eigenvalue weighted by atomic mass is 32.2. The van der Waals surface area contributed by atoms with Gasteiger partial charge in [0.1, 0.15) is 5.52 Å². The summed E-state index contributed by atoms with van der Waals surface area (Å²) in [4.78, 5) is 22.2. The summed E-state index contributed by atoms with van der Waals surface area (Å²) >= 11 is 1.66. The van der Waals surface area contributed by atoms with Crippen molar-refractivity contribution in [2.75, 3.05) is 50.3 Å². The van der Waals surface area contributed by atoms with Crippen LogP contribution >= 0.6 is 11.8 Å². The van der Waals surface area contributed by atoms with Crippen molar-refractivity contribution in [3.05, 3.63) is 53.6 Å². The predicted octanol–water partition coefficient (Wildman–Crippen LogP) is 5.42. The van der Waals surface area contributed by atoms with Crippen molar-refractivity contribution in [3.8, 4) is 0 Å². The number of nitrogens with zero attached hydrogens (tertiary/aromatic N) is 3. The number of para-hydroxylation sites is 3. The number of fused-ring (bicyclic) bond motifs is 1. The first kappa shape index (κ1) is 24.8. The summed E-state index contributed by atoms with van der Waals surface area (Å²) < 4.78 is 5.79. The first-order valence-electron chi connectivity index (χ1n) is 12.3. The average Bonchev–Trinajstić information content (AvgIpc) is 3.23. The molecule has 4 rings (SSSR count). The molecule has 2 heterocycles. The van der Waals surface area contributed by atoms with E-state index < -0.39 is 0 Å². The fourth-order valence-electron chi connectivity index (χ4n) is 4.42. The minimum absolute atomic E-state index is 0.0787. The average molecular weight is 481 g/mol. The summed E-state index contributed by atoms with van der Waals surface area (Å²) in [5.41, 5.74) is 5.18. The minimum Gasteiger partial charge on any atom is -0.431 e. The Labute approximate surface area is 207 Å². The molecule has 0 saturated carbocycles. The molecule has 0 unspecified atom stereocenters. The molecule has 0 aliphatic carbocycles. The van der Waals surface area contributed by atoms with Crippen LogP contribution in [0.3, 0.4) is 0 Å². The van der Waals surface area contributed by atoms with Gasteiger partial charge >= 0.3 is 0 Å². The van der Waals surface area contributed by atoms with Gasteiger partial charge < -0.3 is 9.73 Å². The minimum atomic E-state index is 0.0787. The molecule has 0 bridgehead atoms. The quantitative estimate of drug-likeness (QED) is 0.413. The summed E-state index contributed by atoms with van der Waals surface area (Å²) in [5, 5.41) is 3.98. The van der Waals surface area contributed by atoms with Gasteiger partial charge in [0, 0.05) is 44.2 Å². The van der Waals surface area contributed by atoms with Crippen LogP contribution in [0.4, 0.5) is 5.69 Å². The maximum absolute atomic E-state index is 12.9. The number of carbonyl (C=O) groups excluding carboxylic acids is 1. The summed E-state index contributed by atoms with van der Waals surface area (Å²) in [6, 6.07) is 14.2. The van der Waals surface area contributed by atoms with Crippen LogP contribution < -0.4 is 5.32 Å². The molecule has 6 nitrogen and oxygen atoms in total. The van der Waals surface area contributed by atoms with E-state index in [0.29, 0.717) is 18.4 Å². The van der Waals surface area contributed by atoms with E-state index in [1.807, 2.05) is 24.3 Å². The second kappa shape index (κ2) is 11.4. The Kier molecular flexibility index (Phi) is 8.29. The largest absolute Gasteiger partial charge is 0.431 e. The highest BCUT2D eigenvalue weighted by Crippen LogP contribution is 2.32. The molecule has 1 aliphatic heterocycles. The number of hydrogen-bond donors (Lipinski definition) is 1. The fourth-order valence-corrected chi connectivity index (χ4v) is 5.26. The van der Waals surface area contributed by atoms with Crippen LogP contribution in [0, 0.1) is 0 Å². The number of benzene rings is 2. The molecule has 0 spiro atoms. The maximum atomic E-state index is 12.9. The van der Waals surface area contributed by atoms with E-state index >= 15 is 0 Å². The van der Waals surface area contributed by atoms with Gasteiger partial charge in [0.25, 0.3) is 5.22 Å². The van der Waals surface area contributed by atoms with Crippen molar-refractivity contribution >= 4 is 34.5 Å². The lowest BCUT2D eigenvalue weighted by Gasteiger charge is -2.34. The molecule has 1 amide bonds. The second-order valence-electron chi connectivity index (χ2n) is 9.58. The number of oxazole rings is 1. The Morgan fingerprint density at radius 2 is 1.62 bits per heavy atom. The van der Waals surface area contributed by atoms with Crippen LogP contribution in [-0.4, -0.2) is 65.7 Å². The highest BCUT2D eigenvalue weighted by Gasteiger charge is 2.21. The first-order valence-corrected chi connectivity index (χ1v) is 13.2. The number of rotatable bonds is 9. The number of piperazine rings is 1. The summed E-state index contributed by atoms with van der Waals surface area (Å²) in [5.74, 6) is 1.75. The van der Waals surface area contributed by atoms with E-state index in [9.17, 15) is 4.79 Å². The van der Waals surface area contributed by atoms with Crippen molar-refractivity contribution in [3.63, 3.8) is 0 Å². The van der Waals surface area contributed by atoms with E-state index in [1.54, 1.807) is 11.8 Å². The highest BCUT2D eigenvalue weighted by molar-refractivity contribution is 7.99. The van der Waals surface area contributed by atoms with Gasteiger partial charge in [-0.3, -0.25) is 14.6 Å². The van der Waals surface area contributed by atoms with Gasteiger partial charge in [0.15, 0.2) is 5.58 Å². The fraction of sp³-hybridized carbons (Fsp3) is 0.481.